The molecule has 0 aliphatic rings. The van der Waals surface area contributed by atoms with Gasteiger partial charge in [0.1, 0.15) is 5.75 Å². The summed E-state index contributed by atoms with van der Waals surface area (Å²) in [5, 5.41) is 21.1. The van der Waals surface area contributed by atoms with Crippen LogP contribution in [0.3, 0.4) is 0 Å². The second-order valence-electron chi connectivity index (χ2n) is 4.36. The maximum Gasteiger partial charge on any atom is 0.121 e. The van der Waals surface area contributed by atoms with E-state index in [0.717, 1.165) is 17.0 Å². The number of nitrogens with one attached hydrogen (secondary N) is 1. The van der Waals surface area contributed by atoms with E-state index in [4.69, 9.17) is 9.84 Å². The van der Waals surface area contributed by atoms with Crippen LogP contribution in [0.25, 0.3) is 0 Å². The first-order valence-electron chi connectivity index (χ1n) is 5.83. The molecule has 1 unspecified atom stereocenters. The molecular formula is C13H21NO3. The number of hydrogen-bond donors (Lipinski definition) is 3. The Morgan fingerprint density at radius 1 is 1.35 bits per heavy atom. The molecule has 0 saturated heterocycles. The van der Waals surface area contributed by atoms with Crippen molar-refractivity contribution in [1.29, 1.82) is 0 Å². The van der Waals surface area contributed by atoms with Gasteiger partial charge < -0.3 is 20.3 Å². The number of rotatable bonds is 6. The zero-order chi connectivity index (χ0) is 12.8. The molecule has 0 radical (unpaired) electrons. The molecule has 0 heterocycles. The highest BCUT2D eigenvalue weighted by molar-refractivity contribution is 5.54. The molecule has 17 heavy (non-hydrogen) atoms. The summed E-state index contributed by atoms with van der Waals surface area (Å²) < 4.78 is 5.59. The van der Waals surface area contributed by atoms with Gasteiger partial charge in [-0.3, -0.25) is 0 Å². The molecule has 0 aliphatic heterocycles. The molecule has 0 saturated carbocycles. The Morgan fingerprint density at radius 2 is 2.06 bits per heavy atom. The normalized spacial score (nSPS) is 12.6. The molecule has 96 valence electrons. The summed E-state index contributed by atoms with van der Waals surface area (Å²) in [5.74, 6) is 0.798. The molecular weight excluding hydrogens is 218 g/mol. The van der Waals surface area contributed by atoms with E-state index in [1.807, 2.05) is 39.0 Å². The molecule has 4 nitrogen and oxygen atoms in total. The fourth-order valence-corrected chi connectivity index (χ4v) is 1.43. The van der Waals surface area contributed by atoms with E-state index in [1.165, 1.54) is 0 Å². The lowest BCUT2D eigenvalue weighted by Gasteiger charge is -2.15. The molecule has 1 rings (SSSR count). The van der Waals surface area contributed by atoms with Crippen LogP contribution < -0.4 is 10.1 Å². The minimum atomic E-state index is -0.746. The third kappa shape index (κ3) is 4.63. The van der Waals surface area contributed by atoms with E-state index in [1.54, 1.807) is 0 Å². The van der Waals surface area contributed by atoms with Gasteiger partial charge in [0.2, 0.25) is 0 Å². The molecule has 4 heteroatoms. The van der Waals surface area contributed by atoms with Gasteiger partial charge in [-0.05, 0) is 32.4 Å². The van der Waals surface area contributed by atoms with E-state index >= 15 is 0 Å². The van der Waals surface area contributed by atoms with E-state index in [9.17, 15) is 5.11 Å². The Bertz CT molecular complexity index is 353. The fraction of sp³-hybridized carbons (Fsp3) is 0.538. The van der Waals surface area contributed by atoms with Crippen molar-refractivity contribution in [3.05, 3.63) is 23.8 Å². The highest BCUT2D eigenvalue weighted by Crippen LogP contribution is 2.22. The third-order valence-corrected chi connectivity index (χ3v) is 2.32. The molecule has 0 bridgehead atoms. The van der Waals surface area contributed by atoms with Gasteiger partial charge in [0, 0.05) is 18.3 Å². The molecule has 0 amide bonds. The lowest BCUT2D eigenvalue weighted by molar-refractivity contribution is 0.105. The number of aliphatic hydroxyl groups excluding tert-OH is 2. The van der Waals surface area contributed by atoms with Gasteiger partial charge in [0.15, 0.2) is 0 Å². The van der Waals surface area contributed by atoms with E-state index in [2.05, 4.69) is 5.32 Å². The SMILES string of the molecule is Cc1ccc(OC(C)C)cc1NCC(O)CO. The van der Waals surface area contributed by atoms with Crippen molar-refractivity contribution in [2.45, 2.75) is 33.0 Å². The smallest absolute Gasteiger partial charge is 0.121 e. The van der Waals surface area contributed by atoms with Crippen molar-refractivity contribution < 1.29 is 14.9 Å². The van der Waals surface area contributed by atoms with Crippen LogP contribution in [0.15, 0.2) is 18.2 Å². The summed E-state index contributed by atoms with van der Waals surface area (Å²) in [6, 6.07) is 5.79. The molecule has 1 atom stereocenters. The van der Waals surface area contributed by atoms with Gasteiger partial charge in [0.05, 0.1) is 18.8 Å². The lowest BCUT2D eigenvalue weighted by Crippen LogP contribution is -2.23. The molecule has 1 aromatic rings. The number of aryl methyl sites for hydroxylation is 1. The first-order valence-corrected chi connectivity index (χ1v) is 5.83. The van der Waals surface area contributed by atoms with Crippen LogP contribution in [0.5, 0.6) is 5.75 Å². The van der Waals surface area contributed by atoms with Crippen molar-refractivity contribution in [1.82, 2.24) is 0 Å². The number of benzene rings is 1. The maximum absolute atomic E-state index is 9.28. The molecule has 3 N–H and O–H groups in total. The predicted octanol–water partition coefficient (Wildman–Crippen LogP) is 1.55. The van der Waals surface area contributed by atoms with Crippen molar-refractivity contribution >= 4 is 5.69 Å². The van der Waals surface area contributed by atoms with Gasteiger partial charge >= 0.3 is 0 Å². The van der Waals surface area contributed by atoms with Gasteiger partial charge in [-0.2, -0.15) is 0 Å². The Kier molecular flexibility index (Phi) is 5.25. The predicted molar refractivity (Wildman–Crippen MR) is 68.5 cm³/mol. The number of aliphatic hydroxyl groups is 2. The molecule has 0 spiro atoms. The zero-order valence-corrected chi connectivity index (χ0v) is 10.6. The summed E-state index contributed by atoms with van der Waals surface area (Å²) in [4.78, 5) is 0. The highest BCUT2D eigenvalue weighted by Gasteiger charge is 2.05. The number of ether oxygens (including phenoxy) is 1. The van der Waals surface area contributed by atoms with E-state index in [0.29, 0.717) is 6.54 Å². The summed E-state index contributed by atoms with van der Waals surface area (Å²) in [6.07, 6.45) is -0.613. The average Bonchev–Trinajstić information content (AvgIpc) is 2.28. The molecule has 1 aromatic carbocycles. The molecule has 0 fully saturated rings. The van der Waals surface area contributed by atoms with Crippen LogP contribution >= 0.6 is 0 Å². The van der Waals surface area contributed by atoms with Crippen LogP contribution in [0.2, 0.25) is 0 Å². The van der Waals surface area contributed by atoms with Crippen LogP contribution in [0, 0.1) is 6.92 Å². The third-order valence-electron chi connectivity index (χ3n) is 2.32. The van der Waals surface area contributed by atoms with Crippen LogP contribution in [0.4, 0.5) is 5.69 Å². The first kappa shape index (κ1) is 13.8. The van der Waals surface area contributed by atoms with Crippen molar-refractivity contribution in [2.75, 3.05) is 18.5 Å². The largest absolute Gasteiger partial charge is 0.491 e. The fourth-order valence-electron chi connectivity index (χ4n) is 1.43. The van der Waals surface area contributed by atoms with Crippen molar-refractivity contribution in [3.8, 4) is 5.75 Å². The van der Waals surface area contributed by atoms with E-state index < -0.39 is 6.10 Å². The average molecular weight is 239 g/mol. The van der Waals surface area contributed by atoms with Gasteiger partial charge in [-0.1, -0.05) is 6.07 Å². The van der Waals surface area contributed by atoms with E-state index in [-0.39, 0.29) is 12.7 Å². The van der Waals surface area contributed by atoms with Gasteiger partial charge in [-0.25, -0.2) is 0 Å². The van der Waals surface area contributed by atoms with Gasteiger partial charge in [-0.15, -0.1) is 0 Å². The van der Waals surface area contributed by atoms with Crippen LogP contribution in [-0.2, 0) is 0 Å². The van der Waals surface area contributed by atoms with Crippen LogP contribution in [-0.4, -0.2) is 35.6 Å². The summed E-state index contributed by atoms with van der Waals surface area (Å²) in [5.41, 5.74) is 1.99. The minimum Gasteiger partial charge on any atom is -0.491 e. The molecule has 0 aliphatic carbocycles. The topological polar surface area (TPSA) is 61.7 Å². The Hall–Kier alpha value is -1.26. The lowest BCUT2D eigenvalue weighted by atomic mass is 10.2. The Labute approximate surface area is 102 Å². The second kappa shape index (κ2) is 6.47. The summed E-state index contributed by atoms with van der Waals surface area (Å²) in [6.45, 7) is 6.01. The van der Waals surface area contributed by atoms with Crippen molar-refractivity contribution in [2.24, 2.45) is 0 Å². The second-order valence-corrected chi connectivity index (χ2v) is 4.36. The van der Waals surface area contributed by atoms with Gasteiger partial charge in [0.25, 0.3) is 0 Å². The highest BCUT2D eigenvalue weighted by atomic mass is 16.5. The van der Waals surface area contributed by atoms with Crippen molar-refractivity contribution in [3.63, 3.8) is 0 Å². The van der Waals surface area contributed by atoms with Crippen LogP contribution in [0.1, 0.15) is 19.4 Å². The zero-order valence-electron chi connectivity index (χ0n) is 10.6. The number of hydrogen-bond acceptors (Lipinski definition) is 4. The monoisotopic (exact) mass is 239 g/mol. The summed E-state index contributed by atoms with van der Waals surface area (Å²) >= 11 is 0. The quantitative estimate of drug-likeness (QED) is 0.705. The maximum atomic E-state index is 9.28. The Balaban J connectivity index is 2.69. The number of anilines is 1. The standard InChI is InChI=1S/C13H21NO3/c1-9(2)17-12-5-4-10(3)13(6-12)14-7-11(16)8-15/h4-6,9,11,14-16H,7-8H2,1-3H3. The Morgan fingerprint density at radius 3 is 2.65 bits per heavy atom. The minimum absolute atomic E-state index is 0.133. The molecule has 0 aromatic heterocycles. The first-order chi connectivity index (χ1) is 8.02. The summed E-state index contributed by atoms with van der Waals surface area (Å²) in [7, 11) is 0.